The topological polar surface area (TPSA) is 69.6 Å². The van der Waals surface area contributed by atoms with Crippen LogP contribution in [0.15, 0.2) is 168 Å². The highest BCUT2D eigenvalue weighted by molar-refractivity contribution is 6.24. The molecule has 0 amide bonds. The molecule has 4 heterocycles. The van der Waals surface area contributed by atoms with Crippen LogP contribution in [0.5, 0.6) is 0 Å². The van der Waals surface area contributed by atoms with Crippen LogP contribution in [0.1, 0.15) is 0 Å². The Morgan fingerprint density at radius 2 is 1.10 bits per heavy atom. The van der Waals surface area contributed by atoms with Crippen LogP contribution < -0.4 is 0 Å². The normalized spacial score (nSPS) is 11.6. The molecule has 4 aromatic heterocycles. The Bertz CT molecular complexity index is 2860. The summed E-state index contributed by atoms with van der Waals surface area (Å²) in [5.41, 5.74) is 9.77. The number of pyridine rings is 1. The van der Waals surface area contributed by atoms with Crippen LogP contribution in [-0.2, 0) is 0 Å². The summed E-state index contributed by atoms with van der Waals surface area (Å²) in [4.78, 5) is 19.3. The average molecular weight is 642 g/mol. The Kier molecular flexibility index (Phi) is 6.39. The number of nitrogens with zero attached hydrogens (tertiary/aromatic N) is 5. The molecule has 6 aromatic carbocycles. The van der Waals surface area contributed by atoms with Crippen molar-refractivity contribution in [3.05, 3.63) is 164 Å². The van der Waals surface area contributed by atoms with Gasteiger partial charge in [0.25, 0.3) is 0 Å². The van der Waals surface area contributed by atoms with Gasteiger partial charge in [0.05, 0.1) is 16.4 Å². The predicted octanol–water partition coefficient (Wildman–Crippen LogP) is 10.9. The first kappa shape index (κ1) is 28.1. The summed E-state index contributed by atoms with van der Waals surface area (Å²) in [5, 5.41) is 4.50. The van der Waals surface area contributed by atoms with Gasteiger partial charge in [-0.15, -0.1) is 0 Å². The molecular formula is C44H27N5O. The van der Waals surface area contributed by atoms with Crippen LogP contribution in [0.2, 0.25) is 0 Å². The van der Waals surface area contributed by atoms with E-state index in [1.54, 1.807) is 12.4 Å². The van der Waals surface area contributed by atoms with Crippen molar-refractivity contribution in [2.45, 2.75) is 0 Å². The van der Waals surface area contributed by atoms with Crippen molar-refractivity contribution in [2.75, 3.05) is 0 Å². The zero-order chi connectivity index (χ0) is 33.0. The maximum atomic E-state index is 6.61. The van der Waals surface area contributed by atoms with Gasteiger partial charge in [0.2, 0.25) is 0 Å². The van der Waals surface area contributed by atoms with Gasteiger partial charge >= 0.3 is 0 Å². The molecule has 234 valence electrons. The molecule has 0 unspecified atom stereocenters. The van der Waals surface area contributed by atoms with Gasteiger partial charge < -0.3 is 8.98 Å². The number of benzene rings is 6. The molecule has 0 atom stereocenters. The van der Waals surface area contributed by atoms with E-state index in [1.165, 1.54) is 10.8 Å². The molecule has 0 spiro atoms. The van der Waals surface area contributed by atoms with E-state index >= 15 is 0 Å². The fourth-order valence-corrected chi connectivity index (χ4v) is 7.03. The minimum Gasteiger partial charge on any atom is -0.456 e. The number of fused-ring (bicyclic) bond motifs is 7. The number of rotatable bonds is 5. The second-order valence-corrected chi connectivity index (χ2v) is 12.3. The Hall–Kier alpha value is -6.92. The molecule has 0 N–H and O–H groups in total. The monoisotopic (exact) mass is 641 g/mol. The molecular weight excluding hydrogens is 615 g/mol. The first-order chi connectivity index (χ1) is 24.8. The van der Waals surface area contributed by atoms with Crippen molar-refractivity contribution < 1.29 is 4.42 Å². The van der Waals surface area contributed by atoms with Gasteiger partial charge in [-0.1, -0.05) is 91.0 Å². The van der Waals surface area contributed by atoms with E-state index in [1.807, 2.05) is 54.6 Å². The number of para-hydroxylation sites is 2. The van der Waals surface area contributed by atoms with E-state index in [9.17, 15) is 0 Å². The molecule has 10 aromatic rings. The second-order valence-electron chi connectivity index (χ2n) is 12.3. The molecule has 6 nitrogen and oxygen atoms in total. The highest BCUT2D eigenvalue weighted by Crippen LogP contribution is 2.41. The zero-order valence-electron chi connectivity index (χ0n) is 26.7. The third kappa shape index (κ3) is 4.58. The summed E-state index contributed by atoms with van der Waals surface area (Å²) < 4.78 is 8.95. The lowest BCUT2D eigenvalue weighted by atomic mass is 10.0. The third-order valence-corrected chi connectivity index (χ3v) is 9.32. The van der Waals surface area contributed by atoms with Crippen LogP contribution in [0, 0.1) is 0 Å². The van der Waals surface area contributed by atoms with E-state index in [2.05, 4.69) is 107 Å². The molecule has 0 aliphatic carbocycles. The highest BCUT2D eigenvalue weighted by Gasteiger charge is 2.20. The summed E-state index contributed by atoms with van der Waals surface area (Å²) in [6.45, 7) is 0. The SMILES string of the molecule is c1ccc(-c2cccc(-c3nc(-c4cccnc4)nc(-c4ccc5c(c4)oc4ccc6c7ccccc7n(-c7ccccc7)c6c45)n3)c2)cc1. The van der Waals surface area contributed by atoms with Crippen LogP contribution in [-0.4, -0.2) is 24.5 Å². The second kappa shape index (κ2) is 11.4. The molecule has 0 fully saturated rings. The average Bonchev–Trinajstić information content (AvgIpc) is 3.74. The fraction of sp³-hybridized carbons (Fsp3) is 0. The lowest BCUT2D eigenvalue weighted by Gasteiger charge is -2.10. The summed E-state index contributed by atoms with van der Waals surface area (Å²) in [5.74, 6) is 1.71. The molecule has 50 heavy (non-hydrogen) atoms. The number of aromatic nitrogens is 5. The summed E-state index contributed by atoms with van der Waals surface area (Å²) in [6, 6.07) is 52.1. The fourth-order valence-electron chi connectivity index (χ4n) is 7.03. The number of hydrogen-bond donors (Lipinski definition) is 0. The Labute approximate surface area is 287 Å². The number of furan rings is 1. The van der Waals surface area contributed by atoms with Gasteiger partial charge in [-0.2, -0.15) is 0 Å². The van der Waals surface area contributed by atoms with E-state index in [4.69, 9.17) is 19.4 Å². The smallest absolute Gasteiger partial charge is 0.165 e. The van der Waals surface area contributed by atoms with Gasteiger partial charge in [-0.25, -0.2) is 15.0 Å². The summed E-state index contributed by atoms with van der Waals surface area (Å²) in [7, 11) is 0. The maximum absolute atomic E-state index is 6.61. The summed E-state index contributed by atoms with van der Waals surface area (Å²) >= 11 is 0. The maximum Gasteiger partial charge on any atom is 0.165 e. The predicted molar refractivity (Wildman–Crippen MR) is 201 cm³/mol. The molecule has 10 rings (SSSR count). The lowest BCUT2D eigenvalue weighted by molar-refractivity contribution is 0.669. The summed E-state index contributed by atoms with van der Waals surface area (Å²) in [6.07, 6.45) is 3.53. The van der Waals surface area contributed by atoms with E-state index in [0.29, 0.717) is 17.5 Å². The van der Waals surface area contributed by atoms with Crippen molar-refractivity contribution in [3.63, 3.8) is 0 Å². The quantitative estimate of drug-likeness (QED) is 0.187. The minimum absolute atomic E-state index is 0.557. The first-order valence-corrected chi connectivity index (χ1v) is 16.5. The van der Waals surface area contributed by atoms with Crippen molar-refractivity contribution in [2.24, 2.45) is 0 Å². The Balaban J connectivity index is 1.17. The van der Waals surface area contributed by atoms with Crippen LogP contribution >= 0.6 is 0 Å². The molecule has 0 saturated heterocycles. The molecule has 0 bridgehead atoms. The number of hydrogen-bond acceptors (Lipinski definition) is 5. The van der Waals surface area contributed by atoms with Crippen molar-refractivity contribution in [3.8, 4) is 51.0 Å². The molecule has 0 aliphatic rings. The van der Waals surface area contributed by atoms with Crippen LogP contribution in [0.25, 0.3) is 94.7 Å². The Morgan fingerprint density at radius 1 is 0.440 bits per heavy atom. The molecule has 0 aliphatic heterocycles. The standard InChI is InChI=1S/C44H27N5O/c1-3-11-28(12-4-1)29-13-9-14-30(25-29)42-46-43(48-44(47-42)32-15-10-24-45-27-32)31-20-21-36-39(26-31)50-38-23-22-35-34-18-7-8-19-37(34)49(41(35)40(36)38)33-16-5-2-6-17-33/h1-27H. The molecule has 0 saturated carbocycles. The van der Waals surface area contributed by atoms with Gasteiger partial charge in [0.15, 0.2) is 17.5 Å². The van der Waals surface area contributed by atoms with E-state index < -0.39 is 0 Å². The highest BCUT2D eigenvalue weighted by atomic mass is 16.3. The van der Waals surface area contributed by atoms with Gasteiger partial charge in [-0.3, -0.25) is 4.98 Å². The van der Waals surface area contributed by atoms with Crippen LogP contribution in [0.4, 0.5) is 0 Å². The zero-order valence-corrected chi connectivity index (χ0v) is 26.7. The third-order valence-electron chi connectivity index (χ3n) is 9.32. The van der Waals surface area contributed by atoms with Gasteiger partial charge in [0.1, 0.15) is 11.2 Å². The van der Waals surface area contributed by atoms with E-state index in [-0.39, 0.29) is 0 Å². The van der Waals surface area contributed by atoms with Crippen LogP contribution in [0.3, 0.4) is 0 Å². The van der Waals surface area contributed by atoms with Crippen molar-refractivity contribution in [1.82, 2.24) is 24.5 Å². The van der Waals surface area contributed by atoms with E-state index in [0.717, 1.165) is 66.5 Å². The first-order valence-electron chi connectivity index (χ1n) is 16.5. The van der Waals surface area contributed by atoms with Gasteiger partial charge in [0, 0.05) is 50.9 Å². The lowest BCUT2D eigenvalue weighted by Crippen LogP contribution is -2.00. The van der Waals surface area contributed by atoms with Gasteiger partial charge in [-0.05, 0) is 71.8 Å². The Morgan fingerprint density at radius 3 is 1.90 bits per heavy atom. The minimum atomic E-state index is 0.557. The molecule has 6 heteroatoms. The molecule has 0 radical (unpaired) electrons. The van der Waals surface area contributed by atoms with Crippen molar-refractivity contribution >= 4 is 43.7 Å². The largest absolute Gasteiger partial charge is 0.456 e. The van der Waals surface area contributed by atoms with Crippen molar-refractivity contribution in [1.29, 1.82) is 0 Å².